The van der Waals surface area contributed by atoms with E-state index in [2.05, 4.69) is 10.2 Å². The lowest BCUT2D eigenvalue weighted by molar-refractivity contribution is 0.666. The summed E-state index contributed by atoms with van der Waals surface area (Å²) >= 11 is 1.76. The van der Waals surface area contributed by atoms with Crippen molar-refractivity contribution in [2.45, 2.75) is 11.4 Å². The Balaban J connectivity index is 1.80. The molecule has 0 aliphatic rings. The molecule has 5 nitrogen and oxygen atoms in total. The van der Waals surface area contributed by atoms with E-state index in [1.54, 1.807) is 22.6 Å². The fraction of sp³-hybridized carbons (Fsp3) is 0.333. The van der Waals surface area contributed by atoms with Gasteiger partial charge in [0.15, 0.2) is 0 Å². The van der Waals surface area contributed by atoms with Crippen LogP contribution in [0.4, 0.5) is 5.69 Å². The zero-order chi connectivity index (χ0) is 10.7. The van der Waals surface area contributed by atoms with Gasteiger partial charge in [-0.15, -0.1) is 11.8 Å². The molecule has 2 aromatic rings. The topological polar surface area (TPSA) is 61.7 Å². The van der Waals surface area contributed by atoms with Gasteiger partial charge in [0.25, 0.3) is 0 Å². The van der Waals surface area contributed by atoms with Crippen molar-refractivity contribution in [1.82, 2.24) is 19.6 Å². The van der Waals surface area contributed by atoms with Crippen LogP contribution in [0.5, 0.6) is 0 Å². The van der Waals surface area contributed by atoms with Crippen molar-refractivity contribution in [3.8, 4) is 0 Å². The minimum Gasteiger partial charge on any atom is -0.396 e. The van der Waals surface area contributed by atoms with Gasteiger partial charge in [-0.3, -0.25) is 9.36 Å². The quantitative estimate of drug-likeness (QED) is 0.785. The zero-order valence-corrected chi connectivity index (χ0v) is 9.31. The molecule has 0 aliphatic heterocycles. The molecule has 0 saturated heterocycles. The lowest BCUT2D eigenvalue weighted by atomic mass is 10.6. The van der Waals surface area contributed by atoms with Crippen LogP contribution in [-0.4, -0.2) is 25.3 Å². The Hall–Kier alpha value is -1.43. The van der Waals surface area contributed by atoms with E-state index < -0.39 is 0 Å². The minimum atomic E-state index is 0.710. The van der Waals surface area contributed by atoms with Crippen LogP contribution in [0.3, 0.4) is 0 Å². The molecular weight excluding hydrogens is 210 g/mol. The molecule has 15 heavy (non-hydrogen) atoms. The SMILES string of the molecule is Cn1cc(SCCn2cc(N)cn2)cn1. The van der Waals surface area contributed by atoms with Crippen molar-refractivity contribution in [1.29, 1.82) is 0 Å². The second kappa shape index (κ2) is 4.39. The number of aryl methyl sites for hydroxylation is 2. The van der Waals surface area contributed by atoms with E-state index in [9.17, 15) is 0 Å². The van der Waals surface area contributed by atoms with Gasteiger partial charge in [-0.25, -0.2) is 0 Å². The van der Waals surface area contributed by atoms with Gasteiger partial charge in [-0.1, -0.05) is 0 Å². The van der Waals surface area contributed by atoms with Crippen molar-refractivity contribution < 1.29 is 0 Å². The average Bonchev–Trinajstić information content (AvgIpc) is 2.76. The molecule has 0 atom stereocenters. The first kappa shape index (κ1) is 10.1. The Morgan fingerprint density at radius 1 is 1.33 bits per heavy atom. The molecule has 0 aromatic carbocycles. The molecule has 0 unspecified atom stereocenters. The maximum atomic E-state index is 5.56. The maximum Gasteiger partial charge on any atom is 0.0719 e. The standard InChI is InChI=1S/C9H13N5S/c1-13-7-9(5-11-13)15-3-2-14-6-8(10)4-12-14/h4-7H,2-3,10H2,1H3. The molecule has 0 bridgehead atoms. The molecule has 0 radical (unpaired) electrons. The van der Waals surface area contributed by atoms with Crippen LogP contribution in [0, 0.1) is 0 Å². The van der Waals surface area contributed by atoms with Crippen LogP contribution in [0.2, 0.25) is 0 Å². The highest BCUT2D eigenvalue weighted by Gasteiger charge is 1.98. The van der Waals surface area contributed by atoms with Crippen LogP contribution in [0.15, 0.2) is 29.7 Å². The van der Waals surface area contributed by atoms with Crippen LogP contribution in [0.1, 0.15) is 0 Å². The number of nitrogens with zero attached hydrogens (tertiary/aromatic N) is 4. The van der Waals surface area contributed by atoms with Gasteiger partial charge in [0.1, 0.15) is 0 Å². The van der Waals surface area contributed by atoms with E-state index in [-0.39, 0.29) is 0 Å². The number of nitrogens with two attached hydrogens (primary N) is 1. The van der Waals surface area contributed by atoms with E-state index in [1.165, 1.54) is 4.90 Å². The molecule has 2 N–H and O–H groups in total. The van der Waals surface area contributed by atoms with E-state index in [0.717, 1.165) is 12.3 Å². The highest BCUT2D eigenvalue weighted by molar-refractivity contribution is 7.99. The molecule has 80 valence electrons. The first-order valence-corrected chi connectivity index (χ1v) is 5.62. The van der Waals surface area contributed by atoms with Crippen molar-refractivity contribution in [2.24, 2.45) is 7.05 Å². The van der Waals surface area contributed by atoms with Gasteiger partial charge in [0.2, 0.25) is 0 Å². The number of hydrogen-bond donors (Lipinski definition) is 1. The molecule has 0 fully saturated rings. The molecule has 6 heteroatoms. The summed E-state index contributed by atoms with van der Waals surface area (Å²) in [6, 6.07) is 0. The van der Waals surface area contributed by atoms with Gasteiger partial charge < -0.3 is 5.73 Å². The van der Waals surface area contributed by atoms with E-state index >= 15 is 0 Å². The third-order valence-electron chi connectivity index (χ3n) is 1.92. The predicted octanol–water partition coefficient (Wildman–Crippen LogP) is 0.991. The first-order chi connectivity index (χ1) is 7.24. The summed E-state index contributed by atoms with van der Waals surface area (Å²) in [6.45, 7) is 0.858. The van der Waals surface area contributed by atoms with Gasteiger partial charge in [0, 0.05) is 30.1 Å². The van der Waals surface area contributed by atoms with E-state index in [0.29, 0.717) is 5.69 Å². The van der Waals surface area contributed by atoms with Gasteiger partial charge in [-0.05, 0) is 0 Å². The minimum absolute atomic E-state index is 0.710. The number of hydrogen-bond acceptors (Lipinski definition) is 4. The number of thioether (sulfide) groups is 1. The molecule has 0 amide bonds. The monoisotopic (exact) mass is 223 g/mol. The molecule has 2 aromatic heterocycles. The van der Waals surface area contributed by atoms with Crippen LogP contribution in [-0.2, 0) is 13.6 Å². The summed E-state index contributed by atoms with van der Waals surface area (Å²) in [5.74, 6) is 0.965. The second-order valence-electron chi connectivity index (χ2n) is 3.23. The Morgan fingerprint density at radius 3 is 2.80 bits per heavy atom. The van der Waals surface area contributed by atoms with Gasteiger partial charge >= 0.3 is 0 Å². The zero-order valence-electron chi connectivity index (χ0n) is 8.50. The molecule has 0 aliphatic carbocycles. The summed E-state index contributed by atoms with van der Waals surface area (Å²) in [6.07, 6.45) is 7.36. The largest absolute Gasteiger partial charge is 0.396 e. The third-order valence-corrected chi connectivity index (χ3v) is 2.85. The predicted molar refractivity (Wildman–Crippen MR) is 60.6 cm³/mol. The first-order valence-electron chi connectivity index (χ1n) is 4.63. The van der Waals surface area contributed by atoms with Crippen molar-refractivity contribution >= 4 is 17.4 Å². The van der Waals surface area contributed by atoms with E-state index in [4.69, 9.17) is 5.73 Å². The molecule has 0 spiro atoms. The van der Waals surface area contributed by atoms with Crippen LogP contribution >= 0.6 is 11.8 Å². The Morgan fingerprint density at radius 2 is 2.20 bits per heavy atom. The van der Waals surface area contributed by atoms with Crippen molar-refractivity contribution in [2.75, 3.05) is 11.5 Å². The highest BCUT2D eigenvalue weighted by atomic mass is 32.2. The van der Waals surface area contributed by atoms with Gasteiger partial charge in [0.05, 0.1) is 24.6 Å². The normalized spacial score (nSPS) is 10.7. The summed E-state index contributed by atoms with van der Waals surface area (Å²) in [4.78, 5) is 1.18. The molecule has 2 rings (SSSR count). The maximum absolute atomic E-state index is 5.56. The van der Waals surface area contributed by atoms with E-state index in [1.807, 2.05) is 30.3 Å². The van der Waals surface area contributed by atoms with Crippen molar-refractivity contribution in [3.63, 3.8) is 0 Å². The smallest absolute Gasteiger partial charge is 0.0719 e. The Kier molecular flexibility index (Phi) is 2.96. The summed E-state index contributed by atoms with van der Waals surface area (Å²) in [7, 11) is 1.91. The summed E-state index contributed by atoms with van der Waals surface area (Å²) < 4.78 is 3.65. The Bertz CT molecular complexity index is 393. The average molecular weight is 223 g/mol. The van der Waals surface area contributed by atoms with Gasteiger partial charge in [-0.2, -0.15) is 10.2 Å². The number of anilines is 1. The fourth-order valence-corrected chi connectivity index (χ4v) is 2.10. The second-order valence-corrected chi connectivity index (χ2v) is 4.40. The summed E-state index contributed by atoms with van der Waals surface area (Å²) in [5.41, 5.74) is 6.27. The third kappa shape index (κ3) is 2.76. The fourth-order valence-electron chi connectivity index (χ4n) is 1.23. The number of aromatic nitrogens is 4. The molecular formula is C9H13N5S. The molecule has 0 saturated carbocycles. The van der Waals surface area contributed by atoms with Crippen LogP contribution in [0.25, 0.3) is 0 Å². The molecule has 2 heterocycles. The lowest BCUT2D eigenvalue weighted by Crippen LogP contribution is -2.00. The number of nitrogen functional groups attached to an aromatic ring is 1. The van der Waals surface area contributed by atoms with Crippen LogP contribution < -0.4 is 5.73 Å². The lowest BCUT2D eigenvalue weighted by Gasteiger charge is -1.99. The number of rotatable bonds is 4. The summed E-state index contributed by atoms with van der Waals surface area (Å²) in [5, 5.41) is 8.21. The highest BCUT2D eigenvalue weighted by Crippen LogP contribution is 2.16. The van der Waals surface area contributed by atoms with Crippen molar-refractivity contribution in [3.05, 3.63) is 24.8 Å². The Labute approximate surface area is 92.3 Å².